The van der Waals surface area contributed by atoms with Crippen LogP contribution in [0.1, 0.15) is 32.8 Å². The molecule has 2 nitrogen and oxygen atoms in total. The molecule has 1 rings (SSSR count). The fourth-order valence-corrected chi connectivity index (χ4v) is 1.47. The molecule has 0 aromatic heterocycles. The van der Waals surface area contributed by atoms with Gasteiger partial charge in [-0.05, 0) is 42.0 Å². The number of rotatable bonds is 4. The lowest BCUT2D eigenvalue weighted by Gasteiger charge is -2.17. The van der Waals surface area contributed by atoms with E-state index in [-0.39, 0.29) is 5.91 Å². The number of anilines is 1. The Morgan fingerprint density at radius 2 is 1.88 bits per heavy atom. The minimum atomic E-state index is -0.174. The number of carbonyl (C=O) groups excluding carboxylic acids is 1. The molecule has 0 saturated carbocycles. The van der Waals surface area contributed by atoms with E-state index in [1.807, 2.05) is 12.1 Å². The van der Waals surface area contributed by atoms with Gasteiger partial charge >= 0.3 is 0 Å². The monoisotopic (exact) mass is 231 g/mol. The van der Waals surface area contributed by atoms with Gasteiger partial charge in [-0.3, -0.25) is 4.79 Å². The molecule has 92 valence electrons. The second-order valence-corrected chi connectivity index (χ2v) is 5.45. The van der Waals surface area contributed by atoms with Crippen LogP contribution in [0.3, 0.4) is 0 Å². The summed E-state index contributed by atoms with van der Waals surface area (Å²) in [5.74, 6) is -0.174. The third kappa shape index (κ3) is 5.34. The van der Waals surface area contributed by atoms with E-state index >= 15 is 0 Å². The van der Waals surface area contributed by atoms with Crippen LogP contribution in [-0.2, 0) is 11.2 Å². The Hall–Kier alpha value is -1.57. The number of carbonyl (C=O) groups is 1. The Morgan fingerprint density at radius 1 is 1.29 bits per heavy atom. The lowest BCUT2D eigenvalue weighted by atomic mass is 9.89. The van der Waals surface area contributed by atoms with E-state index in [2.05, 4.69) is 44.8 Å². The van der Waals surface area contributed by atoms with Crippen molar-refractivity contribution in [2.24, 2.45) is 5.41 Å². The molecule has 0 radical (unpaired) electrons. The van der Waals surface area contributed by atoms with Gasteiger partial charge in [-0.15, -0.1) is 0 Å². The van der Waals surface area contributed by atoms with Crippen molar-refractivity contribution >= 4 is 11.6 Å². The van der Waals surface area contributed by atoms with Crippen molar-refractivity contribution in [2.45, 2.75) is 33.6 Å². The average molecular weight is 231 g/mol. The van der Waals surface area contributed by atoms with Crippen LogP contribution in [0.4, 0.5) is 5.69 Å². The van der Waals surface area contributed by atoms with Gasteiger partial charge in [0.15, 0.2) is 0 Å². The van der Waals surface area contributed by atoms with Gasteiger partial charge in [-0.2, -0.15) is 0 Å². The van der Waals surface area contributed by atoms with Gasteiger partial charge in [-0.1, -0.05) is 39.5 Å². The van der Waals surface area contributed by atoms with Crippen LogP contribution in [0.5, 0.6) is 0 Å². The van der Waals surface area contributed by atoms with E-state index in [0.29, 0.717) is 5.41 Å². The molecule has 1 amide bonds. The van der Waals surface area contributed by atoms with Crippen molar-refractivity contribution in [1.82, 2.24) is 0 Å². The summed E-state index contributed by atoms with van der Waals surface area (Å²) in [7, 11) is 0. The second kappa shape index (κ2) is 5.67. The van der Waals surface area contributed by atoms with Gasteiger partial charge < -0.3 is 5.32 Å². The minimum Gasteiger partial charge on any atom is -0.323 e. The summed E-state index contributed by atoms with van der Waals surface area (Å²) in [5, 5.41) is 2.73. The molecule has 0 aliphatic carbocycles. The van der Waals surface area contributed by atoms with Crippen LogP contribution in [0.2, 0.25) is 0 Å². The van der Waals surface area contributed by atoms with Crippen molar-refractivity contribution in [1.29, 1.82) is 0 Å². The fraction of sp³-hybridized carbons (Fsp3) is 0.400. The zero-order valence-electron chi connectivity index (χ0n) is 10.9. The van der Waals surface area contributed by atoms with Crippen molar-refractivity contribution in [3.8, 4) is 0 Å². The fourth-order valence-electron chi connectivity index (χ4n) is 1.47. The summed E-state index contributed by atoms with van der Waals surface area (Å²) in [6.45, 7) is 10.1. The van der Waals surface area contributed by atoms with Gasteiger partial charge in [0, 0.05) is 5.69 Å². The molecule has 0 aliphatic heterocycles. The number of amides is 1. The summed E-state index contributed by atoms with van der Waals surface area (Å²) in [6.07, 6.45) is 3.50. The zero-order chi connectivity index (χ0) is 12.9. The molecule has 1 N–H and O–H groups in total. The summed E-state index contributed by atoms with van der Waals surface area (Å²) in [6, 6.07) is 7.98. The molecule has 2 heteroatoms. The highest BCUT2D eigenvalue weighted by atomic mass is 16.1. The Labute approximate surface area is 104 Å². The average Bonchev–Trinajstić information content (AvgIpc) is 2.27. The number of nitrogens with one attached hydrogen (secondary N) is 1. The van der Waals surface area contributed by atoms with E-state index in [1.165, 1.54) is 11.6 Å². The highest BCUT2D eigenvalue weighted by molar-refractivity contribution is 5.98. The van der Waals surface area contributed by atoms with Gasteiger partial charge in [-0.25, -0.2) is 0 Å². The molecule has 1 aromatic carbocycles. The highest BCUT2D eigenvalue weighted by Crippen LogP contribution is 2.22. The van der Waals surface area contributed by atoms with E-state index in [4.69, 9.17) is 0 Å². The molecule has 0 bridgehead atoms. The van der Waals surface area contributed by atoms with E-state index in [0.717, 1.165) is 18.5 Å². The molecule has 0 fully saturated rings. The van der Waals surface area contributed by atoms with Crippen molar-refractivity contribution < 1.29 is 4.79 Å². The van der Waals surface area contributed by atoms with Crippen LogP contribution < -0.4 is 5.32 Å². The molecule has 0 saturated heterocycles. The van der Waals surface area contributed by atoms with Gasteiger partial charge in [0.25, 0.3) is 0 Å². The van der Waals surface area contributed by atoms with E-state index < -0.39 is 0 Å². The largest absolute Gasteiger partial charge is 0.323 e. The lowest BCUT2D eigenvalue weighted by Crippen LogP contribution is -2.08. The Kier molecular flexibility index (Phi) is 4.50. The molecule has 0 unspecified atom stereocenters. The van der Waals surface area contributed by atoms with Crippen LogP contribution in [0.25, 0.3) is 0 Å². The maximum atomic E-state index is 11.1. The normalized spacial score (nSPS) is 11.0. The van der Waals surface area contributed by atoms with Crippen molar-refractivity contribution in [3.63, 3.8) is 0 Å². The number of aryl methyl sites for hydroxylation is 1. The Balaban J connectivity index is 2.56. The van der Waals surface area contributed by atoms with Gasteiger partial charge in [0.1, 0.15) is 0 Å². The summed E-state index contributed by atoms with van der Waals surface area (Å²) in [4.78, 5) is 11.1. The predicted octanol–water partition coefficient (Wildman–Crippen LogP) is 3.79. The zero-order valence-corrected chi connectivity index (χ0v) is 10.9. The lowest BCUT2D eigenvalue weighted by molar-refractivity contribution is -0.111. The highest BCUT2D eigenvalue weighted by Gasteiger charge is 2.09. The molecular weight excluding hydrogens is 210 g/mol. The smallest absolute Gasteiger partial charge is 0.247 e. The standard InChI is InChI=1S/C15H21NO/c1-5-14(17)16-13-8-6-12(7-9-13)10-11-15(2,3)4/h5-9H,1,10-11H2,2-4H3,(H,16,17). The molecule has 17 heavy (non-hydrogen) atoms. The second-order valence-electron chi connectivity index (χ2n) is 5.45. The minimum absolute atomic E-state index is 0.174. The maximum Gasteiger partial charge on any atom is 0.247 e. The maximum absolute atomic E-state index is 11.1. The van der Waals surface area contributed by atoms with Crippen LogP contribution in [0, 0.1) is 5.41 Å². The molecule has 0 atom stereocenters. The summed E-state index contributed by atoms with van der Waals surface area (Å²) >= 11 is 0. The molecule has 0 spiro atoms. The topological polar surface area (TPSA) is 29.1 Å². The van der Waals surface area contributed by atoms with Gasteiger partial charge in [0.05, 0.1) is 0 Å². The van der Waals surface area contributed by atoms with Crippen LogP contribution >= 0.6 is 0 Å². The first-order chi connectivity index (χ1) is 7.90. The third-order valence-electron chi connectivity index (χ3n) is 2.57. The number of hydrogen-bond donors (Lipinski definition) is 1. The van der Waals surface area contributed by atoms with Crippen molar-refractivity contribution in [3.05, 3.63) is 42.5 Å². The Morgan fingerprint density at radius 3 is 2.35 bits per heavy atom. The summed E-state index contributed by atoms with van der Waals surface area (Å²) in [5.41, 5.74) is 2.47. The first kappa shape index (κ1) is 13.5. The van der Waals surface area contributed by atoms with E-state index in [1.54, 1.807) is 0 Å². The third-order valence-corrected chi connectivity index (χ3v) is 2.57. The van der Waals surface area contributed by atoms with E-state index in [9.17, 15) is 4.79 Å². The van der Waals surface area contributed by atoms with Crippen LogP contribution in [0.15, 0.2) is 36.9 Å². The first-order valence-electron chi connectivity index (χ1n) is 5.93. The first-order valence-corrected chi connectivity index (χ1v) is 5.93. The summed E-state index contributed by atoms with van der Waals surface area (Å²) < 4.78 is 0. The van der Waals surface area contributed by atoms with Gasteiger partial charge in [0.2, 0.25) is 5.91 Å². The van der Waals surface area contributed by atoms with Crippen molar-refractivity contribution in [2.75, 3.05) is 5.32 Å². The quantitative estimate of drug-likeness (QED) is 0.785. The Bertz CT molecular complexity index is 384. The molecular formula is C15H21NO. The number of benzene rings is 1. The SMILES string of the molecule is C=CC(=O)Nc1ccc(CCC(C)(C)C)cc1. The van der Waals surface area contributed by atoms with Crippen LogP contribution in [-0.4, -0.2) is 5.91 Å². The number of hydrogen-bond acceptors (Lipinski definition) is 1. The molecule has 0 heterocycles. The predicted molar refractivity (Wildman–Crippen MR) is 73.0 cm³/mol. The molecule has 0 aliphatic rings. The molecule has 1 aromatic rings.